The van der Waals surface area contributed by atoms with Crippen molar-refractivity contribution in [1.29, 1.82) is 0 Å². The molecule has 0 radical (unpaired) electrons. The Bertz CT molecular complexity index is 450. The van der Waals surface area contributed by atoms with E-state index < -0.39 is 21.2 Å². The summed E-state index contributed by atoms with van der Waals surface area (Å²) in [6.45, 7) is 3.10. The van der Waals surface area contributed by atoms with Gasteiger partial charge in [-0.1, -0.05) is 19.1 Å². The Kier molecular flexibility index (Phi) is 4.54. The van der Waals surface area contributed by atoms with Gasteiger partial charge < -0.3 is 9.84 Å². The molecule has 1 N–H and O–H groups in total. The second-order valence-corrected chi connectivity index (χ2v) is 6.52. The van der Waals surface area contributed by atoms with E-state index in [2.05, 4.69) is 0 Å². The van der Waals surface area contributed by atoms with Gasteiger partial charge >= 0.3 is 0 Å². The van der Waals surface area contributed by atoms with Gasteiger partial charge in [-0.2, -0.15) is 0 Å². The van der Waals surface area contributed by atoms with E-state index in [1.807, 2.05) is 0 Å². The molecule has 0 aliphatic carbocycles. The minimum Gasteiger partial charge on any atom is -0.497 e. The number of sulfone groups is 1. The van der Waals surface area contributed by atoms with E-state index in [1.165, 1.54) is 6.92 Å². The molecule has 1 aromatic carbocycles. The molecule has 0 aliphatic rings. The van der Waals surface area contributed by atoms with Crippen LogP contribution in [-0.2, 0) is 9.84 Å². The van der Waals surface area contributed by atoms with Crippen LogP contribution < -0.4 is 4.74 Å². The van der Waals surface area contributed by atoms with Crippen molar-refractivity contribution in [2.24, 2.45) is 0 Å². The normalized spacial score (nSPS) is 15.3. The number of aliphatic hydroxyl groups is 1. The van der Waals surface area contributed by atoms with Crippen LogP contribution in [0.3, 0.4) is 0 Å². The van der Waals surface area contributed by atoms with Crippen molar-refractivity contribution in [3.63, 3.8) is 0 Å². The number of benzene rings is 1. The molecule has 0 saturated carbocycles. The predicted octanol–water partition coefficient (Wildman–Crippen LogP) is 1.55. The van der Waals surface area contributed by atoms with Gasteiger partial charge in [-0.25, -0.2) is 8.42 Å². The summed E-state index contributed by atoms with van der Waals surface area (Å²) >= 11 is 0. The molecular weight excluding hydrogens is 240 g/mol. The lowest BCUT2D eigenvalue weighted by molar-refractivity contribution is 0.176. The van der Waals surface area contributed by atoms with Gasteiger partial charge in [0.05, 0.1) is 18.5 Å². The first kappa shape index (κ1) is 14.0. The second kappa shape index (κ2) is 5.51. The van der Waals surface area contributed by atoms with Crippen LogP contribution in [-0.4, -0.2) is 31.6 Å². The van der Waals surface area contributed by atoms with Crippen molar-refractivity contribution in [2.45, 2.75) is 25.2 Å². The largest absolute Gasteiger partial charge is 0.497 e. The summed E-state index contributed by atoms with van der Waals surface area (Å²) in [7, 11) is -1.69. The van der Waals surface area contributed by atoms with Crippen molar-refractivity contribution in [2.75, 3.05) is 12.9 Å². The highest BCUT2D eigenvalue weighted by molar-refractivity contribution is 7.92. The van der Waals surface area contributed by atoms with Crippen molar-refractivity contribution in [1.82, 2.24) is 0 Å². The highest BCUT2D eigenvalue weighted by Gasteiger charge is 2.27. The molecule has 0 saturated heterocycles. The van der Waals surface area contributed by atoms with Gasteiger partial charge in [-0.3, -0.25) is 0 Å². The van der Waals surface area contributed by atoms with E-state index in [1.54, 1.807) is 38.3 Å². The minimum atomic E-state index is -3.24. The standard InChI is InChI=1S/C12H18O4S/c1-4-17(14,15)9(2)12(13)10-5-7-11(16-3)8-6-10/h5-9,12-13H,4H2,1-3H3/t9-,12-/m1/s1. The molecule has 0 amide bonds. The molecule has 17 heavy (non-hydrogen) atoms. The zero-order chi connectivity index (χ0) is 13.1. The zero-order valence-electron chi connectivity index (χ0n) is 10.3. The number of aliphatic hydroxyl groups excluding tert-OH is 1. The van der Waals surface area contributed by atoms with Crippen LogP contribution in [0.2, 0.25) is 0 Å². The lowest BCUT2D eigenvalue weighted by Crippen LogP contribution is -2.26. The van der Waals surface area contributed by atoms with Crippen LogP contribution in [0.25, 0.3) is 0 Å². The fraction of sp³-hybridized carbons (Fsp3) is 0.500. The number of rotatable bonds is 5. The molecule has 0 fully saturated rings. The molecule has 0 aliphatic heterocycles. The van der Waals surface area contributed by atoms with Gasteiger partial charge in [-0.05, 0) is 24.6 Å². The number of hydrogen-bond donors (Lipinski definition) is 1. The van der Waals surface area contributed by atoms with Crippen molar-refractivity contribution >= 4 is 9.84 Å². The molecule has 0 bridgehead atoms. The Morgan fingerprint density at radius 1 is 1.29 bits per heavy atom. The van der Waals surface area contributed by atoms with Crippen molar-refractivity contribution < 1.29 is 18.3 Å². The zero-order valence-corrected chi connectivity index (χ0v) is 11.1. The molecule has 1 rings (SSSR count). The molecule has 0 spiro atoms. The predicted molar refractivity (Wildman–Crippen MR) is 66.9 cm³/mol. The summed E-state index contributed by atoms with van der Waals surface area (Å²) in [5, 5.41) is 9.19. The van der Waals surface area contributed by atoms with Crippen LogP contribution in [0.5, 0.6) is 5.75 Å². The van der Waals surface area contributed by atoms with Gasteiger partial charge in [-0.15, -0.1) is 0 Å². The maximum Gasteiger partial charge on any atom is 0.155 e. The Morgan fingerprint density at radius 3 is 2.24 bits per heavy atom. The average Bonchev–Trinajstić information content (AvgIpc) is 2.37. The van der Waals surface area contributed by atoms with E-state index in [4.69, 9.17) is 4.74 Å². The monoisotopic (exact) mass is 258 g/mol. The highest BCUT2D eigenvalue weighted by atomic mass is 32.2. The van der Waals surface area contributed by atoms with E-state index in [-0.39, 0.29) is 5.75 Å². The van der Waals surface area contributed by atoms with E-state index >= 15 is 0 Å². The fourth-order valence-electron chi connectivity index (χ4n) is 1.53. The number of methoxy groups -OCH3 is 1. The van der Waals surface area contributed by atoms with Gasteiger partial charge in [0, 0.05) is 5.75 Å². The van der Waals surface area contributed by atoms with Crippen LogP contribution in [0, 0.1) is 0 Å². The Labute approximate surface area is 102 Å². The topological polar surface area (TPSA) is 63.6 Å². The molecular formula is C12H18O4S. The van der Waals surface area contributed by atoms with Crippen LogP contribution in [0.1, 0.15) is 25.5 Å². The maximum atomic E-state index is 11.7. The third kappa shape index (κ3) is 3.20. The lowest BCUT2D eigenvalue weighted by Gasteiger charge is -2.19. The van der Waals surface area contributed by atoms with Crippen LogP contribution >= 0.6 is 0 Å². The Balaban J connectivity index is 2.92. The van der Waals surface area contributed by atoms with E-state index in [9.17, 15) is 13.5 Å². The molecule has 2 atom stereocenters. The summed E-state index contributed by atoms with van der Waals surface area (Å²) in [6.07, 6.45) is -1.01. The van der Waals surface area contributed by atoms with Gasteiger partial charge in [0.2, 0.25) is 0 Å². The maximum absolute atomic E-state index is 11.7. The summed E-state index contributed by atoms with van der Waals surface area (Å²) in [6, 6.07) is 6.74. The highest BCUT2D eigenvalue weighted by Crippen LogP contribution is 2.24. The minimum absolute atomic E-state index is 0.0291. The molecule has 5 heteroatoms. The number of ether oxygens (including phenoxy) is 1. The van der Waals surface area contributed by atoms with Crippen LogP contribution in [0.4, 0.5) is 0 Å². The van der Waals surface area contributed by atoms with Gasteiger partial charge in [0.1, 0.15) is 5.75 Å². The molecule has 0 unspecified atom stereocenters. The third-order valence-electron chi connectivity index (χ3n) is 2.87. The molecule has 1 aromatic rings. The Morgan fingerprint density at radius 2 is 1.82 bits per heavy atom. The number of hydrogen-bond acceptors (Lipinski definition) is 4. The molecule has 4 nitrogen and oxygen atoms in total. The Hall–Kier alpha value is -1.07. The van der Waals surface area contributed by atoms with Gasteiger partial charge in [0.25, 0.3) is 0 Å². The quantitative estimate of drug-likeness (QED) is 0.870. The van der Waals surface area contributed by atoms with Crippen molar-refractivity contribution in [3.05, 3.63) is 29.8 Å². The van der Waals surface area contributed by atoms with Gasteiger partial charge in [0.15, 0.2) is 9.84 Å². The first-order valence-corrected chi connectivity index (χ1v) is 7.17. The smallest absolute Gasteiger partial charge is 0.155 e. The summed E-state index contributed by atoms with van der Waals surface area (Å²) in [5.74, 6) is 0.702. The molecule has 0 aromatic heterocycles. The average molecular weight is 258 g/mol. The fourth-order valence-corrected chi connectivity index (χ4v) is 2.61. The summed E-state index contributed by atoms with van der Waals surface area (Å²) in [5.41, 5.74) is 0.579. The molecule has 96 valence electrons. The van der Waals surface area contributed by atoms with Crippen molar-refractivity contribution in [3.8, 4) is 5.75 Å². The summed E-state index contributed by atoms with van der Waals surface area (Å²) < 4.78 is 28.3. The molecule has 0 heterocycles. The third-order valence-corrected chi connectivity index (χ3v) is 5.07. The van der Waals surface area contributed by atoms with E-state index in [0.29, 0.717) is 11.3 Å². The SMILES string of the molecule is CCS(=O)(=O)[C@H](C)[C@@H](O)c1ccc(OC)cc1. The lowest BCUT2D eigenvalue weighted by atomic mass is 10.1. The van der Waals surface area contributed by atoms with Crippen LogP contribution in [0.15, 0.2) is 24.3 Å². The first-order chi connectivity index (χ1) is 7.92. The summed E-state index contributed by atoms with van der Waals surface area (Å²) in [4.78, 5) is 0. The first-order valence-electron chi connectivity index (χ1n) is 5.46. The second-order valence-electron chi connectivity index (χ2n) is 3.87. The van der Waals surface area contributed by atoms with E-state index in [0.717, 1.165) is 0 Å².